The number of barbiturate groups is 1. The molecule has 0 saturated carbocycles. The third kappa shape index (κ3) is 3.79. The largest absolute Gasteiger partial charge is 0.478 e. The minimum Gasteiger partial charge on any atom is -0.478 e. The fraction of sp³-hybridized carbons (Fsp3) is 0.0435. The predicted octanol–water partition coefficient (Wildman–Crippen LogP) is 4.27. The van der Waals surface area contributed by atoms with Crippen molar-refractivity contribution in [2.45, 2.75) is 6.92 Å². The van der Waals surface area contributed by atoms with Crippen molar-refractivity contribution in [1.82, 2.24) is 5.32 Å². The molecule has 9 heteroatoms. The second-order valence-corrected chi connectivity index (χ2v) is 7.35. The van der Waals surface area contributed by atoms with E-state index in [4.69, 9.17) is 16.0 Å². The van der Waals surface area contributed by atoms with Crippen molar-refractivity contribution < 1.29 is 28.7 Å². The maximum Gasteiger partial charge on any atom is 0.336 e. The van der Waals surface area contributed by atoms with E-state index in [9.17, 15) is 24.3 Å². The van der Waals surface area contributed by atoms with Crippen LogP contribution in [0.25, 0.3) is 17.4 Å². The number of carbonyl (C=O) groups excluding carboxylic acids is 3. The van der Waals surface area contributed by atoms with Crippen molar-refractivity contribution in [1.29, 1.82) is 0 Å². The molecule has 0 unspecified atom stereocenters. The maximum absolute atomic E-state index is 13.0. The number of carboxylic acids is 1. The zero-order chi connectivity index (χ0) is 23.0. The van der Waals surface area contributed by atoms with Crippen LogP contribution in [0.5, 0.6) is 0 Å². The number of urea groups is 1. The van der Waals surface area contributed by atoms with Gasteiger partial charge < -0.3 is 9.52 Å². The number of aryl methyl sites for hydroxylation is 1. The van der Waals surface area contributed by atoms with E-state index in [1.165, 1.54) is 30.3 Å². The molecule has 160 valence electrons. The molecule has 3 aromatic rings. The minimum absolute atomic E-state index is 0.0422. The molecule has 32 heavy (non-hydrogen) atoms. The zero-order valence-electron chi connectivity index (χ0n) is 16.6. The van der Waals surface area contributed by atoms with Gasteiger partial charge >= 0.3 is 12.0 Å². The third-order valence-corrected chi connectivity index (χ3v) is 5.26. The lowest BCUT2D eigenvalue weighted by Crippen LogP contribution is -2.54. The second-order valence-electron chi connectivity index (χ2n) is 6.94. The molecule has 2 N–H and O–H groups in total. The van der Waals surface area contributed by atoms with Gasteiger partial charge in [0.05, 0.1) is 11.3 Å². The van der Waals surface area contributed by atoms with Gasteiger partial charge in [-0.1, -0.05) is 35.9 Å². The molecule has 2 heterocycles. The number of nitrogens with one attached hydrogen (secondary N) is 1. The summed E-state index contributed by atoms with van der Waals surface area (Å²) in [5.41, 5.74) is 1.03. The van der Waals surface area contributed by atoms with Gasteiger partial charge in [-0.15, -0.1) is 0 Å². The number of carboxylic acid groups (broad SMARTS) is 1. The number of aromatic carboxylic acids is 1. The smallest absolute Gasteiger partial charge is 0.336 e. The molecule has 1 fully saturated rings. The Morgan fingerprint density at radius 1 is 1.09 bits per heavy atom. The quantitative estimate of drug-likeness (QED) is 0.452. The van der Waals surface area contributed by atoms with E-state index >= 15 is 0 Å². The number of halogens is 1. The minimum atomic E-state index is -1.12. The van der Waals surface area contributed by atoms with E-state index in [2.05, 4.69) is 5.32 Å². The van der Waals surface area contributed by atoms with Crippen molar-refractivity contribution in [3.63, 3.8) is 0 Å². The standard InChI is InChI=1S/C23H15ClN2O6/c1-12-6-7-13(10-18(12)24)26-21(28)17(20(27)25-23(26)31)11-14-8-9-19(32-14)15-4-2-3-5-16(15)22(29)30/h2-11H,1H3,(H,29,30)(H,25,27,31)/b17-11-. The molecule has 2 aromatic carbocycles. The Morgan fingerprint density at radius 3 is 2.56 bits per heavy atom. The highest BCUT2D eigenvalue weighted by Crippen LogP contribution is 2.29. The van der Waals surface area contributed by atoms with Gasteiger partial charge in [-0.25, -0.2) is 14.5 Å². The van der Waals surface area contributed by atoms with Gasteiger partial charge in [-0.3, -0.25) is 14.9 Å². The van der Waals surface area contributed by atoms with Crippen LogP contribution < -0.4 is 10.2 Å². The molecule has 0 spiro atoms. The first kappa shape index (κ1) is 21.1. The van der Waals surface area contributed by atoms with Crippen LogP contribution >= 0.6 is 11.6 Å². The Morgan fingerprint density at radius 2 is 1.84 bits per heavy atom. The fourth-order valence-electron chi connectivity index (χ4n) is 3.21. The van der Waals surface area contributed by atoms with Crippen LogP contribution in [0, 0.1) is 6.92 Å². The van der Waals surface area contributed by atoms with Gasteiger partial charge in [0.25, 0.3) is 11.8 Å². The highest BCUT2D eigenvalue weighted by molar-refractivity contribution is 6.39. The van der Waals surface area contributed by atoms with Crippen LogP contribution in [0.1, 0.15) is 21.7 Å². The van der Waals surface area contributed by atoms with Crippen LogP contribution in [-0.4, -0.2) is 28.9 Å². The van der Waals surface area contributed by atoms with E-state index in [1.54, 1.807) is 37.3 Å². The van der Waals surface area contributed by atoms with Crippen LogP contribution in [0.3, 0.4) is 0 Å². The summed E-state index contributed by atoms with van der Waals surface area (Å²) in [7, 11) is 0. The predicted molar refractivity (Wildman–Crippen MR) is 116 cm³/mol. The van der Waals surface area contributed by atoms with Crippen molar-refractivity contribution in [2.75, 3.05) is 4.90 Å². The molecule has 4 amide bonds. The summed E-state index contributed by atoms with van der Waals surface area (Å²) in [6.07, 6.45) is 1.19. The van der Waals surface area contributed by atoms with E-state index in [0.29, 0.717) is 10.6 Å². The van der Waals surface area contributed by atoms with Crippen LogP contribution in [-0.2, 0) is 9.59 Å². The summed E-state index contributed by atoms with van der Waals surface area (Å²) in [4.78, 5) is 49.9. The molecule has 8 nitrogen and oxygen atoms in total. The first-order chi connectivity index (χ1) is 15.3. The van der Waals surface area contributed by atoms with E-state index in [1.807, 2.05) is 0 Å². The Labute approximate surface area is 186 Å². The first-order valence-electron chi connectivity index (χ1n) is 9.36. The number of rotatable bonds is 4. The lowest BCUT2D eigenvalue weighted by Gasteiger charge is -2.26. The number of nitrogens with zero attached hydrogens (tertiary/aromatic N) is 1. The molecule has 0 atom stereocenters. The Kier molecular flexibility index (Phi) is 5.38. The van der Waals surface area contributed by atoms with Crippen molar-refractivity contribution in [2.24, 2.45) is 0 Å². The molecule has 1 aliphatic rings. The number of anilines is 1. The molecule has 1 aliphatic heterocycles. The molecule has 4 rings (SSSR count). The summed E-state index contributed by atoms with van der Waals surface area (Å²) in [6, 6.07) is 13.0. The number of hydrogen-bond donors (Lipinski definition) is 2. The number of benzene rings is 2. The van der Waals surface area contributed by atoms with Gasteiger partial charge in [-0.05, 0) is 48.9 Å². The molecule has 1 saturated heterocycles. The van der Waals surface area contributed by atoms with Crippen molar-refractivity contribution >= 4 is 47.2 Å². The second kappa shape index (κ2) is 8.16. The molecule has 1 aromatic heterocycles. The number of furan rings is 1. The van der Waals surface area contributed by atoms with Gasteiger partial charge in [0.2, 0.25) is 0 Å². The monoisotopic (exact) mass is 450 g/mol. The highest BCUT2D eigenvalue weighted by atomic mass is 35.5. The van der Waals surface area contributed by atoms with E-state index < -0.39 is 23.8 Å². The lowest BCUT2D eigenvalue weighted by atomic mass is 10.1. The topological polar surface area (TPSA) is 117 Å². The maximum atomic E-state index is 13.0. The average Bonchev–Trinajstić information content (AvgIpc) is 3.22. The van der Waals surface area contributed by atoms with Crippen LogP contribution in [0.4, 0.5) is 10.5 Å². The lowest BCUT2D eigenvalue weighted by molar-refractivity contribution is -0.122. The molecule has 0 radical (unpaired) electrons. The molecular weight excluding hydrogens is 436 g/mol. The van der Waals surface area contributed by atoms with Gasteiger partial charge in [0.15, 0.2) is 0 Å². The molecule has 0 bridgehead atoms. The van der Waals surface area contributed by atoms with Gasteiger partial charge in [-0.2, -0.15) is 0 Å². The number of imide groups is 2. The van der Waals surface area contributed by atoms with Crippen molar-refractivity contribution in [3.8, 4) is 11.3 Å². The van der Waals surface area contributed by atoms with E-state index in [0.717, 1.165) is 10.5 Å². The first-order valence-corrected chi connectivity index (χ1v) is 9.74. The average molecular weight is 451 g/mol. The number of hydrogen-bond acceptors (Lipinski definition) is 5. The Hall–Kier alpha value is -4.17. The summed E-state index contributed by atoms with van der Waals surface area (Å²) >= 11 is 6.11. The Bertz CT molecular complexity index is 1320. The van der Waals surface area contributed by atoms with Crippen molar-refractivity contribution in [3.05, 3.63) is 82.1 Å². The van der Waals surface area contributed by atoms with E-state index in [-0.39, 0.29) is 28.3 Å². The summed E-state index contributed by atoms with van der Waals surface area (Å²) < 4.78 is 5.67. The summed E-state index contributed by atoms with van der Waals surface area (Å²) in [6.45, 7) is 1.77. The SMILES string of the molecule is Cc1ccc(N2C(=O)NC(=O)/C(=C/c3ccc(-c4ccccc4C(=O)O)o3)C2=O)cc1Cl. The number of amides is 4. The Balaban J connectivity index is 1.70. The van der Waals surface area contributed by atoms with Gasteiger partial charge in [0.1, 0.15) is 17.1 Å². The fourth-order valence-corrected chi connectivity index (χ4v) is 3.39. The van der Waals surface area contributed by atoms with Crippen LogP contribution in [0.15, 0.2) is 64.6 Å². The number of carbonyl (C=O) groups is 4. The summed E-state index contributed by atoms with van der Waals surface area (Å²) in [5.74, 6) is -2.46. The normalized spacial score (nSPS) is 15.2. The third-order valence-electron chi connectivity index (χ3n) is 4.85. The van der Waals surface area contributed by atoms with Gasteiger partial charge in [0, 0.05) is 10.6 Å². The highest BCUT2D eigenvalue weighted by Gasteiger charge is 2.37. The molecular formula is C23H15ClN2O6. The zero-order valence-corrected chi connectivity index (χ0v) is 17.3. The summed E-state index contributed by atoms with van der Waals surface area (Å²) in [5, 5.41) is 11.8. The van der Waals surface area contributed by atoms with Crippen LogP contribution in [0.2, 0.25) is 5.02 Å². The molecule has 0 aliphatic carbocycles.